The number of thiophene rings is 1. The van der Waals surface area contributed by atoms with E-state index in [-0.39, 0.29) is 10.7 Å². The molecule has 9 nitrogen and oxygen atoms in total. The first-order valence-corrected chi connectivity index (χ1v) is 9.73. The fourth-order valence-corrected chi connectivity index (χ4v) is 4.39. The molecule has 1 aromatic carbocycles. The van der Waals surface area contributed by atoms with Crippen LogP contribution in [0.4, 0.5) is 10.7 Å². The van der Waals surface area contributed by atoms with Crippen molar-refractivity contribution < 1.29 is 14.5 Å². The van der Waals surface area contributed by atoms with Crippen molar-refractivity contribution in [3.63, 3.8) is 0 Å². The van der Waals surface area contributed by atoms with Crippen LogP contribution in [0.25, 0.3) is 0 Å². The largest absolute Gasteiger partial charge is 0.329 e. The van der Waals surface area contributed by atoms with Crippen molar-refractivity contribution in [1.29, 1.82) is 5.26 Å². The highest BCUT2D eigenvalue weighted by atomic mass is 35.5. The van der Waals surface area contributed by atoms with Gasteiger partial charge < -0.3 is 5.32 Å². The fourth-order valence-electron chi connectivity index (χ4n) is 2.90. The quantitative estimate of drug-likeness (QED) is 0.331. The zero-order valence-electron chi connectivity index (χ0n) is 14.9. The van der Waals surface area contributed by atoms with Gasteiger partial charge in [0.05, 0.1) is 16.7 Å². The van der Waals surface area contributed by atoms with Gasteiger partial charge in [0.1, 0.15) is 16.1 Å². The summed E-state index contributed by atoms with van der Waals surface area (Å²) in [6, 6.07) is 6.02. The summed E-state index contributed by atoms with van der Waals surface area (Å²) in [6.07, 6.45) is 4.88. The summed E-state index contributed by atoms with van der Waals surface area (Å²) >= 11 is 7.11. The van der Waals surface area contributed by atoms with E-state index in [2.05, 4.69) is 21.9 Å². The summed E-state index contributed by atoms with van der Waals surface area (Å²) in [7, 11) is 0. The van der Waals surface area contributed by atoms with E-state index in [0.717, 1.165) is 36.1 Å². The van der Waals surface area contributed by atoms with Crippen LogP contribution < -0.4 is 10.7 Å². The summed E-state index contributed by atoms with van der Waals surface area (Å²) in [6.45, 7) is 0. The Bertz CT molecular complexity index is 1070. The molecule has 0 spiro atoms. The van der Waals surface area contributed by atoms with E-state index in [1.54, 1.807) is 0 Å². The van der Waals surface area contributed by atoms with Crippen molar-refractivity contribution in [2.45, 2.75) is 25.7 Å². The summed E-state index contributed by atoms with van der Waals surface area (Å²) in [5.74, 6) is -1.96. The summed E-state index contributed by atoms with van der Waals surface area (Å²) in [4.78, 5) is 35.3. The zero-order valence-corrected chi connectivity index (χ0v) is 16.5. The standard InChI is InChI=1S/C18H14ClN5O4S/c19-13-7-10(5-6-14(13)24(27)28)9-21-23-17(26)16(25)22-18-12(8-20)11-3-1-2-4-15(11)29-18/h5-7,9H,1-4H2,(H,22,25)(H,23,26)/b21-9+. The lowest BCUT2D eigenvalue weighted by Crippen LogP contribution is -2.32. The van der Waals surface area contributed by atoms with Gasteiger partial charge in [-0.25, -0.2) is 5.43 Å². The Labute approximate surface area is 174 Å². The summed E-state index contributed by atoms with van der Waals surface area (Å²) in [5, 5.41) is 26.5. The Morgan fingerprint density at radius 2 is 2.07 bits per heavy atom. The highest BCUT2D eigenvalue weighted by Crippen LogP contribution is 2.37. The molecule has 0 radical (unpaired) electrons. The number of halogens is 1. The van der Waals surface area contributed by atoms with E-state index < -0.39 is 16.7 Å². The third kappa shape index (κ3) is 4.59. The van der Waals surface area contributed by atoms with Gasteiger partial charge in [-0.3, -0.25) is 19.7 Å². The Hall–Kier alpha value is -3.29. The molecule has 11 heteroatoms. The second kappa shape index (κ2) is 8.81. The van der Waals surface area contributed by atoms with Crippen molar-refractivity contribution in [3.05, 3.63) is 54.9 Å². The van der Waals surface area contributed by atoms with Gasteiger partial charge in [-0.05, 0) is 48.9 Å². The van der Waals surface area contributed by atoms with E-state index in [1.165, 1.54) is 35.8 Å². The van der Waals surface area contributed by atoms with Crippen LogP contribution >= 0.6 is 22.9 Å². The Balaban J connectivity index is 1.63. The van der Waals surface area contributed by atoms with Crippen LogP contribution in [0.2, 0.25) is 5.02 Å². The number of hydrazone groups is 1. The number of fused-ring (bicyclic) bond motifs is 1. The molecule has 1 aromatic heterocycles. The molecule has 0 fully saturated rings. The van der Waals surface area contributed by atoms with Crippen molar-refractivity contribution in [2.24, 2.45) is 5.10 Å². The maximum Gasteiger partial charge on any atom is 0.329 e. The second-order valence-corrected chi connectivity index (χ2v) is 7.66. The fraction of sp³-hybridized carbons (Fsp3) is 0.222. The highest BCUT2D eigenvalue weighted by molar-refractivity contribution is 7.16. The van der Waals surface area contributed by atoms with Gasteiger partial charge in [-0.1, -0.05) is 11.6 Å². The SMILES string of the molecule is N#Cc1c(NC(=O)C(=O)N/N=C/c2ccc([N+](=O)[O-])c(Cl)c2)sc2c1CCCC2. The molecule has 3 rings (SSSR count). The number of nitriles is 1. The molecule has 1 aliphatic carbocycles. The van der Waals surface area contributed by atoms with E-state index in [9.17, 15) is 25.0 Å². The van der Waals surface area contributed by atoms with Crippen molar-refractivity contribution in [2.75, 3.05) is 5.32 Å². The van der Waals surface area contributed by atoms with E-state index in [0.29, 0.717) is 16.1 Å². The number of nitro benzene ring substituents is 1. The van der Waals surface area contributed by atoms with Gasteiger partial charge in [0.15, 0.2) is 0 Å². The number of carbonyl (C=O) groups is 2. The minimum Gasteiger partial charge on any atom is -0.308 e. The molecule has 0 unspecified atom stereocenters. The summed E-state index contributed by atoms with van der Waals surface area (Å²) < 4.78 is 0. The number of amides is 2. The highest BCUT2D eigenvalue weighted by Gasteiger charge is 2.23. The number of nitrogens with one attached hydrogen (secondary N) is 2. The minimum atomic E-state index is -1.01. The number of benzene rings is 1. The number of aryl methyl sites for hydroxylation is 1. The Morgan fingerprint density at radius 1 is 1.31 bits per heavy atom. The number of hydrogen-bond donors (Lipinski definition) is 2. The maximum absolute atomic E-state index is 12.1. The van der Waals surface area contributed by atoms with Crippen LogP contribution in [-0.4, -0.2) is 23.0 Å². The second-order valence-electron chi connectivity index (χ2n) is 6.15. The monoisotopic (exact) mass is 431 g/mol. The van der Waals surface area contributed by atoms with Gasteiger partial charge in [0.25, 0.3) is 5.69 Å². The van der Waals surface area contributed by atoms with Gasteiger partial charge in [-0.2, -0.15) is 10.4 Å². The molecule has 0 bridgehead atoms. The van der Waals surface area contributed by atoms with Gasteiger partial charge in [0, 0.05) is 10.9 Å². The van der Waals surface area contributed by atoms with Crippen molar-refractivity contribution in [1.82, 2.24) is 5.43 Å². The first-order valence-electron chi connectivity index (χ1n) is 8.53. The lowest BCUT2D eigenvalue weighted by Gasteiger charge is -2.09. The van der Waals surface area contributed by atoms with Crippen LogP contribution in [-0.2, 0) is 22.4 Å². The molecule has 0 saturated heterocycles. The Morgan fingerprint density at radius 3 is 2.76 bits per heavy atom. The molecule has 2 amide bonds. The molecule has 2 aromatic rings. The lowest BCUT2D eigenvalue weighted by molar-refractivity contribution is -0.384. The number of carbonyl (C=O) groups excluding carboxylic acids is 2. The number of nitrogens with zero attached hydrogens (tertiary/aromatic N) is 3. The maximum atomic E-state index is 12.1. The van der Waals surface area contributed by atoms with Crippen LogP contribution in [0.1, 0.15) is 34.4 Å². The average molecular weight is 432 g/mol. The predicted molar refractivity (Wildman–Crippen MR) is 108 cm³/mol. The number of anilines is 1. The smallest absolute Gasteiger partial charge is 0.308 e. The van der Waals surface area contributed by atoms with E-state index in [1.807, 2.05) is 0 Å². The summed E-state index contributed by atoms with van der Waals surface area (Å²) in [5.41, 5.74) is 3.58. The Kier molecular flexibility index (Phi) is 6.21. The first-order chi connectivity index (χ1) is 13.9. The average Bonchev–Trinajstić information content (AvgIpc) is 3.04. The van der Waals surface area contributed by atoms with Crippen molar-refractivity contribution in [3.8, 4) is 6.07 Å². The third-order valence-electron chi connectivity index (χ3n) is 4.26. The number of nitro groups is 1. The molecule has 29 heavy (non-hydrogen) atoms. The molecule has 1 heterocycles. The van der Waals surface area contributed by atoms with E-state index >= 15 is 0 Å². The van der Waals surface area contributed by atoms with E-state index in [4.69, 9.17) is 11.6 Å². The van der Waals surface area contributed by atoms with Crippen molar-refractivity contribution >= 4 is 51.7 Å². The topological polar surface area (TPSA) is 137 Å². The third-order valence-corrected chi connectivity index (χ3v) is 5.77. The normalized spacial score (nSPS) is 12.8. The van der Waals surface area contributed by atoms with Crippen LogP contribution in [0.5, 0.6) is 0 Å². The molecule has 0 saturated carbocycles. The predicted octanol–water partition coefficient (Wildman–Crippen LogP) is 3.15. The molecular formula is C18H14ClN5O4S. The van der Waals surface area contributed by atoms with Gasteiger partial charge >= 0.3 is 11.8 Å². The minimum absolute atomic E-state index is 0.0753. The van der Waals surface area contributed by atoms with Gasteiger partial charge in [-0.15, -0.1) is 11.3 Å². The molecule has 0 aliphatic heterocycles. The number of rotatable bonds is 4. The molecule has 0 atom stereocenters. The van der Waals surface area contributed by atoms with Crippen LogP contribution in [0.3, 0.4) is 0 Å². The first kappa shape index (κ1) is 20.4. The lowest BCUT2D eigenvalue weighted by atomic mass is 9.96. The molecule has 2 N–H and O–H groups in total. The zero-order chi connectivity index (χ0) is 21.0. The molecule has 1 aliphatic rings. The molecular weight excluding hydrogens is 418 g/mol. The van der Waals surface area contributed by atoms with Crippen LogP contribution in [0.15, 0.2) is 23.3 Å². The van der Waals surface area contributed by atoms with Crippen LogP contribution in [0, 0.1) is 21.4 Å². The molecule has 148 valence electrons. The number of hydrogen-bond acceptors (Lipinski definition) is 7. The van der Waals surface area contributed by atoms with Gasteiger partial charge in [0.2, 0.25) is 0 Å².